The number of Topliss-reactive ketones (excluding diaryl/α,β-unsaturated/α-hetero) is 1. The van der Waals surface area contributed by atoms with Gasteiger partial charge in [0.1, 0.15) is 17.9 Å². The van der Waals surface area contributed by atoms with Gasteiger partial charge in [-0.2, -0.15) is 0 Å². The first-order chi connectivity index (χ1) is 8.18. The van der Waals surface area contributed by atoms with Crippen LogP contribution in [-0.4, -0.2) is 17.2 Å². The Morgan fingerprint density at radius 3 is 2.22 bits per heavy atom. The summed E-state index contributed by atoms with van der Waals surface area (Å²) in [4.78, 5) is 19.6. The van der Waals surface area contributed by atoms with E-state index in [1.54, 1.807) is 19.9 Å². The molecule has 0 fully saturated rings. The molecule has 1 N–H and O–H groups in total. The summed E-state index contributed by atoms with van der Waals surface area (Å²) in [7, 11) is 0. The molecule has 4 heteroatoms. The molecule has 0 aliphatic heterocycles. The maximum atomic E-state index is 13.3. The van der Waals surface area contributed by atoms with E-state index in [4.69, 9.17) is 0 Å². The van der Waals surface area contributed by atoms with Crippen molar-refractivity contribution in [2.75, 3.05) is 0 Å². The topological polar surface area (TPSA) is 54.4 Å². The molecule has 18 heavy (non-hydrogen) atoms. The Balaban J connectivity index is 0.000000631. The predicted molar refractivity (Wildman–Crippen MR) is 67.8 cm³/mol. The molecule has 3 nitrogen and oxygen atoms in total. The minimum atomic E-state index is -1.06. The first kappa shape index (κ1) is 16.4. The van der Waals surface area contributed by atoms with Gasteiger partial charge < -0.3 is 14.7 Å². The molecule has 0 heterocycles. The van der Waals surface area contributed by atoms with Crippen LogP contribution in [0.3, 0.4) is 0 Å². The number of aliphatic hydroxyl groups is 1. The zero-order valence-electron chi connectivity index (χ0n) is 11.2. The molecule has 0 radical (unpaired) electrons. The summed E-state index contributed by atoms with van der Waals surface area (Å²) in [5, 5.41) is 9.60. The second-order valence-corrected chi connectivity index (χ2v) is 4.64. The lowest BCUT2D eigenvalue weighted by molar-refractivity contribution is -0.115. The first-order valence-electron chi connectivity index (χ1n) is 5.60. The van der Waals surface area contributed by atoms with Gasteiger partial charge in [0.15, 0.2) is 0 Å². The molecular weight excluding hydrogens is 235 g/mol. The molecule has 1 aromatic carbocycles. The number of carbonyl (C=O) groups is 2. The normalized spacial score (nSPS) is 10.3. The molecule has 0 aliphatic carbocycles. The quantitative estimate of drug-likeness (QED) is 0.843. The maximum absolute atomic E-state index is 13.3. The van der Waals surface area contributed by atoms with E-state index in [9.17, 15) is 19.1 Å². The van der Waals surface area contributed by atoms with E-state index in [0.29, 0.717) is 17.4 Å². The molecule has 0 spiro atoms. The lowest BCUT2D eigenvalue weighted by atomic mass is 9.96. The third kappa shape index (κ3) is 6.25. The number of rotatable bonds is 3. The van der Waals surface area contributed by atoms with Crippen molar-refractivity contribution < 1.29 is 19.1 Å². The van der Waals surface area contributed by atoms with Crippen LogP contribution >= 0.6 is 0 Å². The minimum Gasteiger partial charge on any atom is -0.386 e. The summed E-state index contributed by atoms with van der Waals surface area (Å²) in [6.45, 7) is 6.22. The van der Waals surface area contributed by atoms with Crippen molar-refractivity contribution in [2.24, 2.45) is 0 Å². The third-order valence-corrected chi connectivity index (χ3v) is 2.06. The highest BCUT2D eigenvalue weighted by Crippen LogP contribution is 2.21. The lowest BCUT2D eigenvalue weighted by Crippen LogP contribution is -2.15. The van der Waals surface area contributed by atoms with Gasteiger partial charge >= 0.3 is 0 Å². The van der Waals surface area contributed by atoms with Gasteiger partial charge in [-0.3, -0.25) is 0 Å². The average molecular weight is 254 g/mol. The standard InChI is InChI=1S/C11H13FO2.C3H6O/c1-11(2,14)9-4-3-8(5-6-13)10(12)7-9;1-3(2)4/h3-4,6-7,14H,5H2,1-2H3;1-2H3. The van der Waals surface area contributed by atoms with Crippen LogP contribution in [0.2, 0.25) is 0 Å². The van der Waals surface area contributed by atoms with Gasteiger partial charge in [-0.25, -0.2) is 4.39 Å². The molecular formula is C14H19FO3. The Labute approximate surface area is 107 Å². The predicted octanol–water partition coefficient (Wildman–Crippen LogP) is 2.39. The van der Waals surface area contributed by atoms with Crippen molar-refractivity contribution in [1.29, 1.82) is 0 Å². The molecule has 0 bridgehead atoms. The van der Waals surface area contributed by atoms with Gasteiger partial charge in [0, 0.05) is 6.42 Å². The molecule has 0 atom stereocenters. The summed E-state index contributed by atoms with van der Waals surface area (Å²) in [5.41, 5.74) is -0.196. The number of hydrogen-bond acceptors (Lipinski definition) is 3. The van der Waals surface area contributed by atoms with Crippen molar-refractivity contribution in [2.45, 2.75) is 39.7 Å². The molecule has 0 unspecified atom stereocenters. The van der Waals surface area contributed by atoms with Crippen molar-refractivity contribution >= 4 is 12.1 Å². The SMILES string of the molecule is CC(C)(O)c1ccc(CC=O)c(F)c1.CC(C)=O. The fraction of sp³-hybridized carbons (Fsp3) is 0.429. The van der Waals surface area contributed by atoms with Crippen molar-refractivity contribution in [1.82, 2.24) is 0 Å². The maximum Gasteiger partial charge on any atom is 0.127 e. The van der Waals surface area contributed by atoms with Crippen LogP contribution in [0.4, 0.5) is 4.39 Å². The van der Waals surface area contributed by atoms with Gasteiger partial charge in [0.2, 0.25) is 0 Å². The van der Waals surface area contributed by atoms with E-state index >= 15 is 0 Å². The number of hydrogen-bond donors (Lipinski definition) is 1. The monoisotopic (exact) mass is 254 g/mol. The van der Waals surface area contributed by atoms with Crippen molar-refractivity contribution in [3.8, 4) is 0 Å². The van der Waals surface area contributed by atoms with E-state index < -0.39 is 11.4 Å². The van der Waals surface area contributed by atoms with E-state index in [1.807, 2.05) is 0 Å². The molecule has 0 aromatic heterocycles. The van der Waals surface area contributed by atoms with Gasteiger partial charge in [-0.1, -0.05) is 12.1 Å². The van der Waals surface area contributed by atoms with E-state index in [0.717, 1.165) is 0 Å². The van der Waals surface area contributed by atoms with Gasteiger partial charge in [0.25, 0.3) is 0 Å². The van der Waals surface area contributed by atoms with E-state index in [-0.39, 0.29) is 12.2 Å². The highest BCUT2D eigenvalue weighted by molar-refractivity contribution is 5.72. The molecule has 0 aliphatic rings. The van der Waals surface area contributed by atoms with Crippen LogP contribution in [0.5, 0.6) is 0 Å². The number of ketones is 1. The minimum absolute atomic E-state index is 0.0674. The van der Waals surface area contributed by atoms with Crippen LogP contribution < -0.4 is 0 Å². The molecule has 1 rings (SSSR count). The number of carbonyl (C=O) groups excluding carboxylic acids is 2. The molecule has 0 saturated heterocycles. The smallest absolute Gasteiger partial charge is 0.127 e. The van der Waals surface area contributed by atoms with Crippen molar-refractivity contribution in [3.05, 3.63) is 35.1 Å². The molecule has 100 valence electrons. The van der Waals surface area contributed by atoms with E-state index in [1.165, 1.54) is 26.0 Å². The molecule has 0 amide bonds. The van der Waals surface area contributed by atoms with Crippen molar-refractivity contribution in [3.63, 3.8) is 0 Å². The third-order valence-electron chi connectivity index (χ3n) is 2.06. The summed E-state index contributed by atoms with van der Waals surface area (Å²) < 4.78 is 13.3. The van der Waals surface area contributed by atoms with Crippen LogP contribution in [0, 0.1) is 5.82 Å². The first-order valence-corrected chi connectivity index (χ1v) is 5.60. The molecule has 0 saturated carbocycles. The largest absolute Gasteiger partial charge is 0.386 e. The second-order valence-electron chi connectivity index (χ2n) is 4.64. The summed E-state index contributed by atoms with van der Waals surface area (Å²) >= 11 is 0. The summed E-state index contributed by atoms with van der Waals surface area (Å²) in [6, 6.07) is 4.41. The number of aldehydes is 1. The highest BCUT2D eigenvalue weighted by atomic mass is 19.1. The van der Waals surface area contributed by atoms with Gasteiger partial charge in [-0.15, -0.1) is 0 Å². The fourth-order valence-corrected chi connectivity index (χ4v) is 1.18. The number of benzene rings is 1. The Bertz CT molecular complexity index is 416. The summed E-state index contributed by atoms with van der Waals surface area (Å²) in [5.74, 6) is -0.281. The lowest BCUT2D eigenvalue weighted by Gasteiger charge is -2.18. The van der Waals surface area contributed by atoms with E-state index in [2.05, 4.69) is 0 Å². The van der Waals surface area contributed by atoms with Crippen LogP contribution in [0.15, 0.2) is 18.2 Å². The average Bonchev–Trinajstić information content (AvgIpc) is 2.19. The zero-order valence-corrected chi connectivity index (χ0v) is 11.2. The Morgan fingerprint density at radius 1 is 1.39 bits per heavy atom. The molecule has 1 aromatic rings. The van der Waals surface area contributed by atoms with Crippen LogP contribution in [-0.2, 0) is 21.6 Å². The number of halogens is 1. The fourth-order valence-electron chi connectivity index (χ4n) is 1.18. The highest BCUT2D eigenvalue weighted by Gasteiger charge is 2.17. The van der Waals surface area contributed by atoms with Gasteiger partial charge in [-0.05, 0) is 44.9 Å². The van der Waals surface area contributed by atoms with Crippen LogP contribution in [0.25, 0.3) is 0 Å². The second kappa shape index (κ2) is 7.01. The summed E-state index contributed by atoms with van der Waals surface area (Å²) in [6.07, 6.45) is 0.722. The Kier molecular flexibility index (Phi) is 6.41. The Hall–Kier alpha value is -1.55. The zero-order chi connectivity index (χ0) is 14.3. The van der Waals surface area contributed by atoms with Crippen LogP contribution in [0.1, 0.15) is 38.8 Å². The Morgan fingerprint density at radius 2 is 1.89 bits per heavy atom. The van der Waals surface area contributed by atoms with Gasteiger partial charge in [0.05, 0.1) is 5.60 Å².